The van der Waals surface area contributed by atoms with E-state index in [-0.39, 0.29) is 5.97 Å². The van der Waals surface area contributed by atoms with Gasteiger partial charge in [0.1, 0.15) is 0 Å². The van der Waals surface area contributed by atoms with Crippen molar-refractivity contribution in [1.82, 2.24) is 0 Å². The van der Waals surface area contributed by atoms with E-state index in [4.69, 9.17) is 10.5 Å². The maximum absolute atomic E-state index is 11.1. The number of nitrogens with two attached hydrogens (primary N) is 1. The average molecular weight is 299 g/mol. The average Bonchev–Trinajstić information content (AvgIpc) is 2.48. The summed E-state index contributed by atoms with van der Waals surface area (Å²) in [7, 11) is 0. The molecule has 0 bridgehead atoms. The number of carbonyl (C=O) groups is 1. The monoisotopic (exact) mass is 299 g/mol. The van der Waals surface area contributed by atoms with Crippen molar-refractivity contribution in [3.8, 4) is 0 Å². The lowest BCUT2D eigenvalue weighted by molar-refractivity contribution is -0.143. The largest absolute Gasteiger partial charge is 0.466 e. The van der Waals surface area contributed by atoms with Gasteiger partial charge in [0.2, 0.25) is 0 Å². The molecule has 0 rings (SSSR count). The Morgan fingerprint density at radius 2 is 1.10 bits per heavy atom. The molecule has 0 unspecified atom stereocenters. The van der Waals surface area contributed by atoms with E-state index in [1.54, 1.807) is 0 Å². The minimum absolute atomic E-state index is 0.0380. The first kappa shape index (κ1) is 20.4. The third kappa shape index (κ3) is 17.4. The molecule has 0 aromatic rings. The third-order valence-corrected chi connectivity index (χ3v) is 3.89. The van der Waals surface area contributed by atoms with E-state index >= 15 is 0 Å². The van der Waals surface area contributed by atoms with Gasteiger partial charge in [-0.3, -0.25) is 4.79 Å². The van der Waals surface area contributed by atoms with Crippen molar-refractivity contribution in [2.75, 3.05) is 13.2 Å². The summed E-state index contributed by atoms with van der Waals surface area (Å²) in [5.74, 6) is -0.0380. The molecule has 0 atom stereocenters. The molecule has 0 aromatic carbocycles. The molecule has 2 N–H and O–H groups in total. The molecule has 0 spiro atoms. The Hall–Kier alpha value is -0.570. The van der Waals surface area contributed by atoms with Crippen LogP contribution in [-0.2, 0) is 9.53 Å². The molecule has 0 heterocycles. The summed E-state index contributed by atoms with van der Waals surface area (Å²) < 4.78 is 4.91. The molecule has 3 heteroatoms. The Morgan fingerprint density at radius 3 is 1.48 bits per heavy atom. The topological polar surface area (TPSA) is 52.3 Å². The highest BCUT2D eigenvalue weighted by molar-refractivity contribution is 5.69. The molecule has 0 aliphatic carbocycles. The molecular weight excluding hydrogens is 262 g/mol. The first-order valence-corrected chi connectivity index (χ1v) is 9.17. The van der Waals surface area contributed by atoms with Crippen LogP contribution in [0.15, 0.2) is 0 Å². The highest BCUT2D eigenvalue weighted by atomic mass is 16.5. The fourth-order valence-corrected chi connectivity index (χ4v) is 2.59. The van der Waals surface area contributed by atoms with Gasteiger partial charge < -0.3 is 10.5 Å². The molecule has 0 aliphatic heterocycles. The van der Waals surface area contributed by atoms with Gasteiger partial charge >= 0.3 is 5.97 Å². The van der Waals surface area contributed by atoms with Crippen LogP contribution in [0, 0.1) is 0 Å². The van der Waals surface area contributed by atoms with Gasteiger partial charge in [-0.2, -0.15) is 0 Å². The Balaban J connectivity index is 3.01. The van der Waals surface area contributed by atoms with Crippen molar-refractivity contribution >= 4 is 5.97 Å². The van der Waals surface area contributed by atoms with Crippen LogP contribution < -0.4 is 5.73 Å². The second-order valence-corrected chi connectivity index (χ2v) is 5.94. The van der Waals surface area contributed by atoms with Crippen molar-refractivity contribution in [3.05, 3.63) is 0 Å². The summed E-state index contributed by atoms with van der Waals surface area (Å²) in [5, 5.41) is 0. The first-order valence-electron chi connectivity index (χ1n) is 9.17. The Kier molecular flexibility index (Phi) is 17.0. The highest BCUT2D eigenvalue weighted by Crippen LogP contribution is 2.12. The standard InChI is InChI=1S/C18H37NO2/c1-2-21-18(20)16-14-12-10-8-6-4-3-5-7-9-11-13-15-17-19/h2-17,19H2,1H3. The Morgan fingerprint density at radius 1 is 0.714 bits per heavy atom. The summed E-state index contributed by atoms with van der Waals surface area (Å²) in [4.78, 5) is 11.1. The van der Waals surface area contributed by atoms with E-state index in [1.807, 2.05) is 6.92 Å². The Labute approximate surface area is 132 Å². The number of hydrogen-bond acceptors (Lipinski definition) is 3. The maximum atomic E-state index is 11.1. The molecule has 0 aliphatic rings. The SMILES string of the molecule is CCOC(=O)CCCCCCCCCCCCCCCN. The maximum Gasteiger partial charge on any atom is 0.305 e. The number of hydrogen-bond donors (Lipinski definition) is 1. The predicted octanol–water partition coefficient (Wildman–Crippen LogP) is 4.97. The van der Waals surface area contributed by atoms with Crippen LogP contribution >= 0.6 is 0 Å². The van der Waals surface area contributed by atoms with Gasteiger partial charge in [0.25, 0.3) is 0 Å². The summed E-state index contributed by atoms with van der Waals surface area (Å²) >= 11 is 0. The highest BCUT2D eigenvalue weighted by Gasteiger charge is 2.00. The zero-order valence-electron chi connectivity index (χ0n) is 14.2. The molecule has 0 saturated carbocycles. The second-order valence-electron chi connectivity index (χ2n) is 5.94. The van der Waals surface area contributed by atoms with Crippen molar-refractivity contribution in [2.24, 2.45) is 5.73 Å². The van der Waals surface area contributed by atoms with Crippen LogP contribution in [0.1, 0.15) is 96.8 Å². The number of carbonyl (C=O) groups excluding carboxylic acids is 1. The van der Waals surface area contributed by atoms with Gasteiger partial charge in [-0.15, -0.1) is 0 Å². The van der Waals surface area contributed by atoms with Crippen LogP contribution in [0.3, 0.4) is 0 Å². The molecule has 3 nitrogen and oxygen atoms in total. The van der Waals surface area contributed by atoms with Crippen molar-refractivity contribution in [2.45, 2.75) is 96.8 Å². The van der Waals surface area contributed by atoms with Gasteiger partial charge in [-0.1, -0.05) is 70.6 Å². The van der Waals surface area contributed by atoms with Crippen LogP contribution in [0.2, 0.25) is 0 Å². The van der Waals surface area contributed by atoms with Crippen LogP contribution in [0.4, 0.5) is 0 Å². The van der Waals surface area contributed by atoms with E-state index in [1.165, 1.54) is 77.0 Å². The quantitative estimate of drug-likeness (QED) is 0.323. The third-order valence-electron chi connectivity index (χ3n) is 3.89. The summed E-state index contributed by atoms with van der Waals surface area (Å²) in [5.41, 5.74) is 5.47. The zero-order valence-corrected chi connectivity index (χ0v) is 14.2. The zero-order chi connectivity index (χ0) is 15.6. The van der Waals surface area contributed by atoms with E-state index in [0.717, 1.165) is 13.0 Å². The van der Waals surface area contributed by atoms with E-state index < -0.39 is 0 Å². The van der Waals surface area contributed by atoms with Crippen LogP contribution in [-0.4, -0.2) is 19.1 Å². The predicted molar refractivity (Wildman–Crippen MR) is 90.3 cm³/mol. The molecule has 126 valence electrons. The fourth-order valence-electron chi connectivity index (χ4n) is 2.59. The lowest BCUT2D eigenvalue weighted by Crippen LogP contribution is -2.03. The van der Waals surface area contributed by atoms with Gasteiger partial charge in [0, 0.05) is 6.42 Å². The smallest absolute Gasteiger partial charge is 0.305 e. The lowest BCUT2D eigenvalue weighted by atomic mass is 10.0. The molecule has 0 radical (unpaired) electrons. The van der Waals surface area contributed by atoms with Crippen LogP contribution in [0.25, 0.3) is 0 Å². The second kappa shape index (κ2) is 17.5. The normalized spacial score (nSPS) is 10.8. The van der Waals surface area contributed by atoms with Gasteiger partial charge in [-0.05, 0) is 26.3 Å². The van der Waals surface area contributed by atoms with Crippen molar-refractivity contribution in [1.29, 1.82) is 0 Å². The number of unbranched alkanes of at least 4 members (excludes halogenated alkanes) is 12. The lowest BCUT2D eigenvalue weighted by Gasteiger charge is -2.03. The van der Waals surface area contributed by atoms with Crippen LogP contribution in [0.5, 0.6) is 0 Å². The minimum atomic E-state index is -0.0380. The van der Waals surface area contributed by atoms with Gasteiger partial charge in [0.15, 0.2) is 0 Å². The summed E-state index contributed by atoms with van der Waals surface area (Å²) in [6.07, 6.45) is 17.5. The molecule has 0 fully saturated rings. The van der Waals surface area contributed by atoms with Crippen molar-refractivity contribution in [3.63, 3.8) is 0 Å². The summed E-state index contributed by atoms with van der Waals surface area (Å²) in [6.45, 7) is 3.21. The molecule has 0 amide bonds. The molecule has 21 heavy (non-hydrogen) atoms. The fraction of sp³-hybridized carbons (Fsp3) is 0.944. The Bertz CT molecular complexity index is 219. The van der Waals surface area contributed by atoms with Gasteiger partial charge in [-0.25, -0.2) is 0 Å². The first-order chi connectivity index (χ1) is 10.3. The van der Waals surface area contributed by atoms with E-state index in [0.29, 0.717) is 13.0 Å². The minimum Gasteiger partial charge on any atom is -0.466 e. The number of ether oxygens (including phenoxy) is 1. The number of esters is 1. The van der Waals surface area contributed by atoms with Crippen molar-refractivity contribution < 1.29 is 9.53 Å². The molecular formula is C18H37NO2. The van der Waals surface area contributed by atoms with E-state index in [9.17, 15) is 4.79 Å². The van der Waals surface area contributed by atoms with Gasteiger partial charge in [0.05, 0.1) is 6.61 Å². The number of rotatable bonds is 16. The molecule has 0 saturated heterocycles. The molecule has 0 aromatic heterocycles. The van der Waals surface area contributed by atoms with E-state index in [2.05, 4.69) is 0 Å². The summed E-state index contributed by atoms with van der Waals surface area (Å²) in [6, 6.07) is 0.